The van der Waals surface area contributed by atoms with Crippen molar-refractivity contribution < 1.29 is 4.79 Å². The molecule has 1 aromatic heterocycles. The van der Waals surface area contributed by atoms with Gasteiger partial charge in [0.2, 0.25) is 0 Å². The van der Waals surface area contributed by atoms with E-state index in [0.29, 0.717) is 12.8 Å². The van der Waals surface area contributed by atoms with Gasteiger partial charge in [0.15, 0.2) is 0 Å². The molecule has 3 aromatic rings. The van der Waals surface area contributed by atoms with E-state index >= 15 is 0 Å². The summed E-state index contributed by atoms with van der Waals surface area (Å²) in [6.07, 6.45) is 0.848. The molecule has 0 amide bonds. The highest BCUT2D eigenvalue weighted by Crippen LogP contribution is 2.18. The minimum Gasteiger partial charge on any atom is -0.299 e. The van der Waals surface area contributed by atoms with E-state index in [9.17, 15) is 4.79 Å². The summed E-state index contributed by atoms with van der Waals surface area (Å²) in [4.78, 5) is 12.3. The van der Waals surface area contributed by atoms with Crippen LogP contribution >= 0.6 is 0 Å². The number of hydrogen-bond donors (Lipinski definition) is 0. The predicted octanol–water partition coefficient (Wildman–Crippen LogP) is 3.24. The zero-order valence-electron chi connectivity index (χ0n) is 12.3. The molecular weight excluding hydrogens is 260 g/mol. The maximum atomic E-state index is 12.3. The Morgan fingerprint density at radius 1 is 1.05 bits per heavy atom. The highest BCUT2D eigenvalue weighted by atomic mass is 16.1. The standard InChI is InChI=1S/C18H18N2O/c1-13-7-9-14(10-8-13)11-15(21)12-17-16-5-3-4-6-18(16)20(2)19-17/h3-10H,11-12H2,1-2H3. The van der Waals surface area contributed by atoms with Crippen LogP contribution in [0.1, 0.15) is 16.8 Å². The van der Waals surface area contributed by atoms with Gasteiger partial charge < -0.3 is 0 Å². The first-order valence-electron chi connectivity index (χ1n) is 7.11. The number of ketones is 1. The molecular formula is C18H18N2O. The van der Waals surface area contributed by atoms with Crippen molar-refractivity contribution in [1.29, 1.82) is 0 Å². The number of aryl methyl sites for hydroxylation is 2. The van der Waals surface area contributed by atoms with Crippen LogP contribution in [0.5, 0.6) is 0 Å². The Bertz CT molecular complexity index is 785. The van der Waals surface area contributed by atoms with E-state index in [0.717, 1.165) is 22.2 Å². The van der Waals surface area contributed by atoms with Gasteiger partial charge in [-0.15, -0.1) is 0 Å². The number of hydrogen-bond acceptors (Lipinski definition) is 2. The van der Waals surface area contributed by atoms with Crippen LogP contribution in [-0.4, -0.2) is 15.6 Å². The lowest BCUT2D eigenvalue weighted by Crippen LogP contribution is -2.07. The molecule has 0 spiro atoms. The normalized spacial score (nSPS) is 11.0. The van der Waals surface area contributed by atoms with Crippen molar-refractivity contribution in [3.05, 3.63) is 65.4 Å². The molecule has 3 heteroatoms. The summed E-state index contributed by atoms with van der Waals surface area (Å²) >= 11 is 0. The lowest BCUT2D eigenvalue weighted by Gasteiger charge is -2.01. The second-order valence-electron chi connectivity index (χ2n) is 5.47. The molecule has 0 unspecified atom stereocenters. The van der Waals surface area contributed by atoms with Crippen molar-refractivity contribution in [2.45, 2.75) is 19.8 Å². The Balaban J connectivity index is 1.79. The maximum Gasteiger partial charge on any atom is 0.143 e. The molecule has 0 radical (unpaired) electrons. The van der Waals surface area contributed by atoms with Gasteiger partial charge in [-0.3, -0.25) is 9.48 Å². The first kappa shape index (κ1) is 13.6. The molecule has 1 heterocycles. The van der Waals surface area contributed by atoms with Gasteiger partial charge in [0, 0.05) is 18.9 Å². The van der Waals surface area contributed by atoms with Crippen molar-refractivity contribution in [2.24, 2.45) is 7.05 Å². The number of rotatable bonds is 4. The lowest BCUT2D eigenvalue weighted by molar-refractivity contribution is -0.117. The van der Waals surface area contributed by atoms with Gasteiger partial charge in [0.25, 0.3) is 0 Å². The average Bonchev–Trinajstić information content (AvgIpc) is 2.78. The smallest absolute Gasteiger partial charge is 0.143 e. The molecule has 106 valence electrons. The summed E-state index contributed by atoms with van der Waals surface area (Å²) in [5.41, 5.74) is 4.20. The maximum absolute atomic E-state index is 12.3. The van der Waals surface area contributed by atoms with E-state index < -0.39 is 0 Å². The fourth-order valence-electron chi connectivity index (χ4n) is 2.60. The van der Waals surface area contributed by atoms with Crippen LogP contribution < -0.4 is 0 Å². The zero-order chi connectivity index (χ0) is 14.8. The Kier molecular flexibility index (Phi) is 3.57. The van der Waals surface area contributed by atoms with Crippen LogP contribution in [0, 0.1) is 6.92 Å². The highest BCUT2D eigenvalue weighted by molar-refractivity contribution is 5.89. The number of Topliss-reactive ketones (excluding diaryl/α,β-unsaturated/α-hetero) is 1. The quantitative estimate of drug-likeness (QED) is 0.734. The molecule has 2 aromatic carbocycles. The van der Waals surface area contributed by atoms with Gasteiger partial charge >= 0.3 is 0 Å². The Morgan fingerprint density at radius 3 is 2.52 bits per heavy atom. The van der Waals surface area contributed by atoms with Crippen LogP contribution in [0.15, 0.2) is 48.5 Å². The molecule has 3 nitrogen and oxygen atoms in total. The SMILES string of the molecule is Cc1ccc(CC(=O)Cc2nn(C)c3ccccc23)cc1. The van der Waals surface area contributed by atoms with Gasteiger partial charge in [0.1, 0.15) is 5.78 Å². The van der Waals surface area contributed by atoms with Gasteiger partial charge in [-0.1, -0.05) is 48.0 Å². The molecule has 21 heavy (non-hydrogen) atoms. The number of benzene rings is 2. The number of aromatic nitrogens is 2. The van der Waals surface area contributed by atoms with Crippen molar-refractivity contribution >= 4 is 16.7 Å². The largest absolute Gasteiger partial charge is 0.299 e. The summed E-state index contributed by atoms with van der Waals surface area (Å²) in [5.74, 6) is 0.197. The average molecular weight is 278 g/mol. The van der Waals surface area contributed by atoms with Gasteiger partial charge in [0.05, 0.1) is 17.6 Å². The van der Waals surface area contributed by atoms with Crippen LogP contribution in [-0.2, 0) is 24.7 Å². The van der Waals surface area contributed by atoms with E-state index in [1.807, 2.05) is 67.2 Å². The zero-order valence-corrected chi connectivity index (χ0v) is 12.3. The second kappa shape index (κ2) is 5.52. The van der Waals surface area contributed by atoms with Gasteiger partial charge in [-0.25, -0.2) is 0 Å². The van der Waals surface area contributed by atoms with Crippen LogP contribution in [0.25, 0.3) is 10.9 Å². The molecule has 0 aliphatic carbocycles. The third-order valence-electron chi connectivity index (χ3n) is 3.72. The molecule has 0 atom stereocenters. The fourth-order valence-corrected chi connectivity index (χ4v) is 2.60. The first-order valence-corrected chi connectivity index (χ1v) is 7.11. The summed E-state index contributed by atoms with van der Waals surface area (Å²) in [6.45, 7) is 2.05. The molecule has 3 rings (SSSR count). The fraction of sp³-hybridized carbons (Fsp3) is 0.222. The summed E-state index contributed by atoms with van der Waals surface area (Å²) in [5, 5.41) is 5.55. The molecule has 0 saturated heterocycles. The van der Waals surface area contributed by atoms with Crippen molar-refractivity contribution in [2.75, 3.05) is 0 Å². The summed E-state index contributed by atoms with van der Waals surface area (Å²) in [6, 6.07) is 16.1. The lowest BCUT2D eigenvalue weighted by atomic mass is 10.0. The predicted molar refractivity (Wildman–Crippen MR) is 84.3 cm³/mol. The molecule has 0 saturated carbocycles. The monoisotopic (exact) mass is 278 g/mol. The number of para-hydroxylation sites is 1. The number of fused-ring (bicyclic) bond motifs is 1. The Morgan fingerprint density at radius 2 is 1.76 bits per heavy atom. The first-order chi connectivity index (χ1) is 10.1. The number of carbonyl (C=O) groups is 1. The molecule has 0 bridgehead atoms. The van der Waals surface area contributed by atoms with E-state index in [-0.39, 0.29) is 5.78 Å². The second-order valence-corrected chi connectivity index (χ2v) is 5.47. The van der Waals surface area contributed by atoms with Crippen LogP contribution in [0.2, 0.25) is 0 Å². The Labute approximate surface area is 124 Å². The minimum atomic E-state index is 0.197. The van der Waals surface area contributed by atoms with Gasteiger partial charge in [-0.2, -0.15) is 5.10 Å². The van der Waals surface area contributed by atoms with Gasteiger partial charge in [-0.05, 0) is 18.6 Å². The van der Waals surface area contributed by atoms with Crippen molar-refractivity contribution in [3.63, 3.8) is 0 Å². The van der Waals surface area contributed by atoms with E-state index in [1.54, 1.807) is 0 Å². The molecule has 0 N–H and O–H groups in total. The molecule has 0 fully saturated rings. The van der Waals surface area contributed by atoms with Crippen molar-refractivity contribution in [1.82, 2.24) is 9.78 Å². The third-order valence-corrected chi connectivity index (χ3v) is 3.72. The molecule has 0 aliphatic heterocycles. The van der Waals surface area contributed by atoms with Crippen molar-refractivity contribution in [3.8, 4) is 0 Å². The topological polar surface area (TPSA) is 34.9 Å². The van der Waals surface area contributed by atoms with Crippen LogP contribution in [0.3, 0.4) is 0 Å². The van der Waals surface area contributed by atoms with E-state index in [4.69, 9.17) is 0 Å². The highest BCUT2D eigenvalue weighted by Gasteiger charge is 2.12. The summed E-state index contributed by atoms with van der Waals surface area (Å²) in [7, 11) is 1.91. The third kappa shape index (κ3) is 2.87. The minimum absolute atomic E-state index is 0.197. The Hall–Kier alpha value is -2.42. The van der Waals surface area contributed by atoms with Crippen LogP contribution in [0.4, 0.5) is 0 Å². The summed E-state index contributed by atoms with van der Waals surface area (Å²) < 4.78 is 1.84. The molecule has 0 aliphatic rings. The van der Waals surface area contributed by atoms with E-state index in [1.165, 1.54) is 5.56 Å². The van der Waals surface area contributed by atoms with E-state index in [2.05, 4.69) is 5.10 Å². The number of carbonyl (C=O) groups excluding carboxylic acids is 1. The number of nitrogens with zero attached hydrogens (tertiary/aromatic N) is 2.